The summed E-state index contributed by atoms with van der Waals surface area (Å²) in [6, 6.07) is 2.48. The number of aromatic nitrogens is 1. The minimum atomic E-state index is 0.102. The van der Waals surface area contributed by atoms with Crippen LogP contribution in [-0.4, -0.2) is 52.3 Å². The molecule has 92 valence electrons. The molecule has 0 spiro atoms. The number of aryl methyl sites for hydroxylation is 1. The van der Waals surface area contributed by atoms with Gasteiger partial charge in [0.2, 0.25) is 0 Å². The third-order valence-electron chi connectivity index (χ3n) is 3.65. The van der Waals surface area contributed by atoms with Crippen molar-refractivity contribution < 1.29 is 4.79 Å². The van der Waals surface area contributed by atoms with Gasteiger partial charge in [0.05, 0.1) is 0 Å². The van der Waals surface area contributed by atoms with Gasteiger partial charge < -0.3 is 4.90 Å². The zero-order valence-corrected chi connectivity index (χ0v) is 10.9. The summed E-state index contributed by atoms with van der Waals surface area (Å²) in [6.45, 7) is 6.17. The maximum atomic E-state index is 12.1. The van der Waals surface area contributed by atoms with Gasteiger partial charge in [-0.2, -0.15) is 4.37 Å². The van der Waals surface area contributed by atoms with Gasteiger partial charge in [0.15, 0.2) is 0 Å². The second-order valence-corrected chi connectivity index (χ2v) is 5.94. The fraction of sp³-hybridized carbons (Fsp3) is 0.667. The summed E-state index contributed by atoms with van der Waals surface area (Å²) < 4.78 is 4.18. The topological polar surface area (TPSA) is 36.4 Å². The number of hydrogen-bond donors (Lipinski definition) is 0. The largest absolute Gasteiger partial charge is 0.334 e. The van der Waals surface area contributed by atoms with E-state index in [-0.39, 0.29) is 5.91 Å². The van der Waals surface area contributed by atoms with Gasteiger partial charge in [0, 0.05) is 24.0 Å². The Balaban J connectivity index is 1.56. The molecule has 3 heterocycles. The molecular weight excluding hydrogens is 234 g/mol. The molecule has 0 bridgehead atoms. The summed E-state index contributed by atoms with van der Waals surface area (Å²) in [6.07, 6.45) is 2.63. The van der Waals surface area contributed by atoms with Crippen LogP contribution in [0.2, 0.25) is 0 Å². The number of carbonyl (C=O) groups is 1. The Morgan fingerprint density at radius 1 is 1.41 bits per heavy atom. The zero-order valence-electron chi connectivity index (χ0n) is 10.1. The van der Waals surface area contributed by atoms with Gasteiger partial charge in [0.25, 0.3) is 5.91 Å². The molecule has 0 aromatic carbocycles. The highest BCUT2D eigenvalue weighted by molar-refractivity contribution is 7.05. The lowest BCUT2D eigenvalue weighted by Gasteiger charge is -2.43. The third-order valence-corrected chi connectivity index (χ3v) is 4.35. The van der Waals surface area contributed by atoms with Crippen molar-refractivity contribution in [3.63, 3.8) is 0 Å². The van der Waals surface area contributed by atoms with Gasteiger partial charge >= 0.3 is 0 Å². The van der Waals surface area contributed by atoms with Crippen molar-refractivity contribution in [2.24, 2.45) is 0 Å². The maximum absolute atomic E-state index is 12.1. The Labute approximate surface area is 105 Å². The summed E-state index contributed by atoms with van der Waals surface area (Å²) in [7, 11) is 0. The Morgan fingerprint density at radius 2 is 2.12 bits per heavy atom. The van der Waals surface area contributed by atoms with E-state index in [1.807, 2.05) is 17.9 Å². The van der Waals surface area contributed by atoms with Crippen LogP contribution < -0.4 is 0 Å². The van der Waals surface area contributed by atoms with Crippen molar-refractivity contribution in [3.8, 4) is 0 Å². The molecule has 1 aromatic rings. The molecule has 2 aliphatic rings. The Bertz CT molecular complexity index is 419. The molecule has 1 amide bonds. The van der Waals surface area contributed by atoms with Gasteiger partial charge in [-0.3, -0.25) is 9.69 Å². The monoisotopic (exact) mass is 251 g/mol. The predicted molar refractivity (Wildman–Crippen MR) is 67.3 cm³/mol. The van der Waals surface area contributed by atoms with Crippen LogP contribution in [0.25, 0.3) is 0 Å². The molecule has 0 saturated carbocycles. The summed E-state index contributed by atoms with van der Waals surface area (Å²) >= 11 is 1.40. The molecule has 2 aliphatic heterocycles. The first-order valence-electron chi connectivity index (χ1n) is 6.20. The van der Waals surface area contributed by atoms with Gasteiger partial charge in [0.1, 0.15) is 5.69 Å². The number of amides is 1. The summed E-state index contributed by atoms with van der Waals surface area (Å²) in [5.74, 6) is 0.102. The lowest BCUT2D eigenvalue weighted by molar-refractivity contribution is 0.0330. The fourth-order valence-electron chi connectivity index (χ4n) is 2.59. The van der Waals surface area contributed by atoms with Crippen molar-refractivity contribution in [1.82, 2.24) is 14.2 Å². The minimum Gasteiger partial charge on any atom is -0.334 e. The first kappa shape index (κ1) is 11.2. The highest BCUT2D eigenvalue weighted by Gasteiger charge is 2.36. The highest BCUT2D eigenvalue weighted by atomic mass is 32.1. The predicted octanol–water partition coefficient (Wildman–Crippen LogP) is 1.37. The molecule has 17 heavy (non-hydrogen) atoms. The molecule has 3 rings (SSSR count). The van der Waals surface area contributed by atoms with E-state index in [4.69, 9.17) is 0 Å². The molecular formula is C12H17N3OS. The smallest absolute Gasteiger partial charge is 0.273 e. The van der Waals surface area contributed by atoms with Crippen molar-refractivity contribution in [3.05, 3.63) is 16.6 Å². The Kier molecular flexibility index (Phi) is 2.88. The first-order chi connectivity index (χ1) is 8.24. The van der Waals surface area contributed by atoms with Crippen LogP contribution in [0.1, 0.15) is 28.2 Å². The van der Waals surface area contributed by atoms with Gasteiger partial charge in [-0.15, -0.1) is 0 Å². The minimum absolute atomic E-state index is 0.102. The van der Waals surface area contributed by atoms with Crippen LogP contribution in [-0.2, 0) is 0 Å². The van der Waals surface area contributed by atoms with Crippen LogP contribution in [0.4, 0.5) is 0 Å². The fourth-order valence-corrected chi connectivity index (χ4v) is 3.13. The summed E-state index contributed by atoms with van der Waals surface area (Å²) in [5.41, 5.74) is 0.618. The number of likely N-dealkylation sites (tertiary alicyclic amines) is 2. The van der Waals surface area contributed by atoms with E-state index in [1.165, 1.54) is 37.5 Å². The Morgan fingerprint density at radius 3 is 2.71 bits per heavy atom. The average molecular weight is 251 g/mol. The van der Waals surface area contributed by atoms with E-state index in [1.54, 1.807) is 0 Å². The number of carbonyl (C=O) groups excluding carboxylic acids is 1. The third kappa shape index (κ3) is 2.09. The van der Waals surface area contributed by atoms with Gasteiger partial charge in [-0.05, 0) is 50.5 Å². The number of hydrogen-bond acceptors (Lipinski definition) is 4. The van der Waals surface area contributed by atoms with E-state index >= 15 is 0 Å². The molecule has 0 unspecified atom stereocenters. The second-order valence-electron chi connectivity index (χ2n) is 4.93. The second kappa shape index (κ2) is 4.38. The first-order valence-corrected chi connectivity index (χ1v) is 6.98. The normalized spacial score (nSPS) is 21.8. The molecule has 0 atom stereocenters. The standard InChI is InChI=1S/C12H17N3OS/c1-9-6-11(13-17-9)12(16)15-7-10(8-15)14-4-2-3-5-14/h6,10H,2-5,7-8H2,1H3. The Hall–Kier alpha value is -0.940. The summed E-state index contributed by atoms with van der Waals surface area (Å²) in [4.78, 5) is 17.6. The number of rotatable bonds is 2. The van der Waals surface area contributed by atoms with Crippen molar-refractivity contribution in [2.45, 2.75) is 25.8 Å². The van der Waals surface area contributed by atoms with Crippen LogP contribution in [0, 0.1) is 6.92 Å². The van der Waals surface area contributed by atoms with E-state index in [2.05, 4.69) is 9.27 Å². The lowest BCUT2D eigenvalue weighted by atomic mass is 10.1. The molecule has 1 aromatic heterocycles. The quantitative estimate of drug-likeness (QED) is 0.796. The van der Waals surface area contributed by atoms with Crippen LogP contribution >= 0.6 is 11.5 Å². The molecule has 0 N–H and O–H groups in total. The van der Waals surface area contributed by atoms with Crippen molar-refractivity contribution >= 4 is 17.4 Å². The van der Waals surface area contributed by atoms with E-state index in [9.17, 15) is 4.79 Å². The highest BCUT2D eigenvalue weighted by Crippen LogP contribution is 2.22. The van der Waals surface area contributed by atoms with E-state index in [0.29, 0.717) is 11.7 Å². The van der Waals surface area contributed by atoms with Crippen molar-refractivity contribution in [1.29, 1.82) is 0 Å². The number of nitrogens with zero attached hydrogens (tertiary/aromatic N) is 3. The molecule has 2 saturated heterocycles. The van der Waals surface area contributed by atoms with Gasteiger partial charge in [-0.25, -0.2) is 0 Å². The van der Waals surface area contributed by atoms with Gasteiger partial charge in [-0.1, -0.05) is 0 Å². The lowest BCUT2D eigenvalue weighted by Crippen LogP contribution is -2.60. The van der Waals surface area contributed by atoms with E-state index in [0.717, 1.165) is 18.0 Å². The molecule has 2 fully saturated rings. The molecule has 4 nitrogen and oxygen atoms in total. The van der Waals surface area contributed by atoms with E-state index < -0.39 is 0 Å². The zero-order chi connectivity index (χ0) is 11.8. The molecule has 0 aliphatic carbocycles. The maximum Gasteiger partial charge on any atom is 0.273 e. The van der Waals surface area contributed by atoms with Crippen LogP contribution in [0.3, 0.4) is 0 Å². The summed E-state index contributed by atoms with van der Waals surface area (Å²) in [5, 5.41) is 0. The average Bonchev–Trinajstić information content (AvgIpc) is 2.86. The SMILES string of the molecule is Cc1cc(C(=O)N2CC(N3CCCC3)C2)ns1. The van der Waals surface area contributed by atoms with Crippen molar-refractivity contribution in [2.75, 3.05) is 26.2 Å². The molecule has 5 heteroatoms. The van der Waals surface area contributed by atoms with Crippen LogP contribution in [0.15, 0.2) is 6.07 Å². The van der Waals surface area contributed by atoms with Crippen LogP contribution in [0.5, 0.6) is 0 Å². The molecule has 0 radical (unpaired) electrons.